The van der Waals surface area contributed by atoms with Gasteiger partial charge in [0, 0.05) is 5.02 Å². The van der Waals surface area contributed by atoms with Gasteiger partial charge in [0.15, 0.2) is 0 Å². The number of aromatic hydroxyl groups is 1. The van der Waals surface area contributed by atoms with Crippen molar-refractivity contribution in [3.05, 3.63) is 55.4 Å². The van der Waals surface area contributed by atoms with Crippen molar-refractivity contribution in [2.45, 2.75) is 0 Å². The Balaban J connectivity index is 2.92. The predicted molar refractivity (Wildman–Crippen MR) is 64.0 cm³/mol. The molecule has 1 heterocycles. The summed E-state index contributed by atoms with van der Waals surface area (Å²) in [5.74, 6) is -2.71. The number of hydrogen-bond acceptors (Lipinski definition) is 4. The highest BCUT2D eigenvalue weighted by Crippen LogP contribution is 2.22. The molecule has 0 fully saturated rings. The summed E-state index contributed by atoms with van der Waals surface area (Å²) in [6.45, 7) is 0. The van der Waals surface area contributed by atoms with Crippen molar-refractivity contribution < 1.29 is 9.50 Å². The van der Waals surface area contributed by atoms with Crippen molar-refractivity contribution >= 4 is 11.6 Å². The topological polar surface area (TPSA) is 98.9 Å². The molecule has 2 N–H and O–H groups in total. The number of aromatic nitrogens is 2. The molecule has 8 heteroatoms. The van der Waals surface area contributed by atoms with E-state index >= 15 is 0 Å². The molecule has 1 aromatic carbocycles. The monoisotopic (exact) mass is 281 g/mol. The first-order valence-electron chi connectivity index (χ1n) is 4.89. The summed E-state index contributed by atoms with van der Waals surface area (Å²) in [6, 6.07) is 5.65. The van der Waals surface area contributed by atoms with Gasteiger partial charge in [0.25, 0.3) is 5.56 Å². The Morgan fingerprint density at radius 1 is 1.42 bits per heavy atom. The van der Waals surface area contributed by atoms with Crippen LogP contribution in [0.4, 0.5) is 4.39 Å². The van der Waals surface area contributed by atoms with Crippen LogP contribution < -0.4 is 11.2 Å². The second kappa shape index (κ2) is 4.59. The van der Waals surface area contributed by atoms with Gasteiger partial charge in [0.2, 0.25) is 11.7 Å². The van der Waals surface area contributed by atoms with Gasteiger partial charge in [-0.25, -0.2) is 9.36 Å². The van der Waals surface area contributed by atoms with E-state index in [9.17, 15) is 19.1 Å². The fourth-order valence-electron chi connectivity index (χ4n) is 1.51. The Kier molecular flexibility index (Phi) is 3.10. The molecule has 2 aromatic rings. The third-order valence-electron chi connectivity index (χ3n) is 2.35. The molecule has 0 aliphatic carbocycles. The van der Waals surface area contributed by atoms with Gasteiger partial charge in [-0.2, -0.15) is 9.65 Å². The van der Waals surface area contributed by atoms with Crippen LogP contribution in [0.3, 0.4) is 0 Å². The standard InChI is InChI=1S/C11H5ClFN3O3/c12-6-2-1-5(4-14)7(3-6)16-10(18)8(13)9(17)15-11(16)19/h1-3,18H,(H,15,17,19). The number of hydrogen-bond donors (Lipinski definition) is 2. The Morgan fingerprint density at radius 2 is 2.11 bits per heavy atom. The van der Waals surface area contributed by atoms with Crippen LogP contribution in [0.15, 0.2) is 27.8 Å². The molecule has 0 spiro atoms. The number of benzene rings is 1. The number of nitrogens with one attached hydrogen (secondary N) is 1. The van der Waals surface area contributed by atoms with Crippen LogP contribution in [0.1, 0.15) is 5.56 Å². The third kappa shape index (κ3) is 2.09. The zero-order chi connectivity index (χ0) is 14.2. The summed E-state index contributed by atoms with van der Waals surface area (Å²) >= 11 is 5.73. The maximum atomic E-state index is 13.3. The van der Waals surface area contributed by atoms with E-state index in [4.69, 9.17) is 16.9 Å². The van der Waals surface area contributed by atoms with E-state index in [1.165, 1.54) is 18.2 Å². The molecule has 0 saturated heterocycles. The van der Waals surface area contributed by atoms with Crippen LogP contribution in [0, 0.1) is 17.1 Å². The number of rotatable bonds is 1. The lowest BCUT2D eigenvalue weighted by atomic mass is 10.2. The van der Waals surface area contributed by atoms with Crippen molar-refractivity contribution in [3.63, 3.8) is 0 Å². The maximum absolute atomic E-state index is 13.3. The van der Waals surface area contributed by atoms with Gasteiger partial charge in [0.1, 0.15) is 6.07 Å². The van der Waals surface area contributed by atoms with Crippen LogP contribution in [0.25, 0.3) is 5.69 Å². The molecule has 0 atom stereocenters. The second-order valence-corrected chi connectivity index (χ2v) is 3.94. The molecule has 0 amide bonds. The molecule has 0 radical (unpaired) electrons. The van der Waals surface area contributed by atoms with Crippen LogP contribution in [0.2, 0.25) is 5.02 Å². The summed E-state index contributed by atoms with van der Waals surface area (Å²) in [5, 5.41) is 18.6. The van der Waals surface area contributed by atoms with Crippen molar-refractivity contribution in [3.8, 4) is 17.6 Å². The van der Waals surface area contributed by atoms with Gasteiger partial charge in [-0.05, 0) is 18.2 Å². The quantitative estimate of drug-likeness (QED) is 0.811. The summed E-state index contributed by atoms with van der Waals surface area (Å²) in [7, 11) is 0. The van der Waals surface area contributed by atoms with E-state index in [-0.39, 0.29) is 16.3 Å². The molecule has 0 aliphatic heterocycles. The van der Waals surface area contributed by atoms with E-state index < -0.39 is 22.9 Å². The third-order valence-corrected chi connectivity index (χ3v) is 2.59. The van der Waals surface area contributed by atoms with E-state index in [2.05, 4.69) is 0 Å². The van der Waals surface area contributed by atoms with Gasteiger partial charge in [0.05, 0.1) is 11.3 Å². The smallest absolute Gasteiger partial charge is 0.335 e. The average molecular weight is 282 g/mol. The Hall–Kier alpha value is -2.59. The lowest BCUT2D eigenvalue weighted by Crippen LogP contribution is -2.31. The molecule has 2 rings (SSSR count). The minimum atomic E-state index is -1.52. The Labute approximate surface area is 109 Å². The Morgan fingerprint density at radius 3 is 2.74 bits per heavy atom. The minimum Gasteiger partial charge on any atom is -0.492 e. The van der Waals surface area contributed by atoms with E-state index in [0.717, 1.165) is 0 Å². The molecule has 19 heavy (non-hydrogen) atoms. The highest BCUT2D eigenvalue weighted by Gasteiger charge is 2.17. The first kappa shape index (κ1) is 12.9. The second-order valence-electron chi connectivity index (χ2n) is 3.51. The molecule has 6 nitrogen and oxygen atoms in total. The summed E-state index contributed by atoms with van der Waals surface area (Å²) < 4.78 is 13.8. The number of nitriles is 1. The molecule has 0 unspecified atom stereocenters. The summed E-state index contributed by atoms with van der Waals surface area (Å²) in [6.07, 6.45) is 0. The van der Waals surface area contributed by atoms with Crippen molar-refractivity contribution in [2.75, 3.05) is 0 Å². The highest BCUT2D eigenvalue weighted by atomic mass is 35.5. The van der Waals surface area contributed by atoms with Crippen molar-refractivity contribution in [2.24, 2.45) is 0 Å². The molecule has 1 aromatic heterocycles. The zero-order valence-corrected chi connectivity index (χ0v) is 9.90. The van der Waals surface area contributed by atoms with Crippen molar-refractivity contribution in [1.82, 2.24) is 9.55 Å². The first-order valence-corrected chi connectivity index (χ1v) is 5.27. The lowest BCUT2D eigenvalue weighted by molar-refractivity contribution is 0.386. The molecule has 0 saturated carbocycles. The van der Waals surface area contributed by atoms with Crippen LogP contribution in [-0.2, 0) is 0 Å². The average Bonchev–Trinajstić information content (AvgIpc) is 2.36. The molecule has 0 bridgehead atoms. The molecule has 0 aliphatic rings. The fourth-order valence-corrected chi connectivity index (χ4v) is 1.68. The van der Waals surface area contributed by atoms with Crippen LogP contribution >= 0.6 is 11.6 Å². The lowest BCUT2D eigenvalue weighted by Gasteiger charge is -2.09. The summed E-state index contributed by atoms with van der Waals surface area (Å²) in [5.41, 5.74) is -2.58. The maximum Gasteiger partial charge on any atom is 0.335 e. The van der Waals surface area contributed by atoms with Gasteiger partial charge in [-0.3, -0.25) is 9.78 Å². The minimum absolute atomic E-state index is 0.0201. The zero-order valence-electron chi connectivity index (χ0n) is 9.15. The first-order chi connectivity index (χ1) is 8.95. The molecular formula is C11H5ClFN3O3. The van der Waals surface area contributed by atoms with Crippen LogP contribution in [0.5, 0.6) is 5.88 Å². The SMILES string of the molecule is N#Cc1ccc(Cl)cc1-n1c(O)c(F)c(=O)[nH]c1=O. The van der Waals surface area contributed by atoms with E-state index in [1.807, 2.05) is 0 Å². The van der Waals surface area contributed by atoms with Gasteiger partial charge in [-0.1, -0.05) is 11.6 Å². The number of H-pyrrole nitrogens is 1. The summed E-state index contributed by atoms with van der Waals surface area (Å²) in [4.78, 5) is 24.3. The fraction of sp³-hybridized carbons (Fsp3) is 0. The number of halogens is 2. The molecule has 96 valence electrons. The van der Waals surface area contributed by atoms with E-state index in [0.29, 0.717) is 4.57 Å². The molecular weight excluding hydrogens is 277 g/mol. The largest absolute Gasteiger partial charge is 0.492 e. The highest BCUT2D eigenvalue weighted by molar-refractivity contribution is 6.30. The van der Waals surface area contributed by atoms with Gasteiger partial charge < -0.3 is 5.11 Å². The van der Waals surface area contributed by atoms with Crippen LogP contribution in [-0.4, -0.2) is 14.7 Å². The normalized spacial score (nSPS) is 10.2. The van der Waals surface area contributed by atoms with Crippen molar-refractivity contribution in [1.29, 1.82) is 5.26 Å². The number of nitrogens with zero attached hydrogens (tertiary/aromatic N) is 2. The Bertz CT molecular complexity index is 819. The predicted octanol–water partition coefficient (Wildman–Crippen LogP) is 0.896. The van der Waals surface area contributed by atoms with Gasteiger partial charge >= 0.3 is 5.69 Å². The van der Waals surface area contributed by atoms with E-state index in [1.54, 1.807) is 11.1 Å². The number of aromatic amines is 1. The van der Waals surface area contributed by atoms with Gasteiger partial charge in [-0.15, -0.1) is 0 Å².